The van der Waals surface area contributed by atoms with Crippen LogP contribution < -0.4 is 16.2 Å². The molecule has 122 valence electrons. The van der Waals surface area contributed by atoms with Crippen LogP contribution in [0.4, 0.5) is 5.69 Å². The summed E-state index contributed by atoms with van der Waals surface area (Å²) in [7, 11) is 0. The Morgan fingerprint density at radius 1 is 1.23 bits per heavy atom. The van der Waals surface area contributed by atoms with Crippen molar-refractivity contribution < 1.29 is 9.59 Å². The lowest BCUT2D eigenvalue weighted by Crippen LogP contribution is -2.40. The lowest BCUT2D eigenvalue weighted by atomic mass is 9.82. The van der Waals surface area contributed by atoms with E-state index in [1.54, 1.807) is 0 Å². The maximum Gasteiger partial charge on any atom is 0.313 e. The Kier molecular flexibility index (Phi) is 5.91. The second-order valence-corrected chi connectivity index (χ2v) is 6.47. The van der Waals surface area contributed by atoms with Gasteiger partial charge in [-0.15, -0.1) is 0 Å². The number of carbonyl (C=O) groups excluding carboxylic acids is 2. The van der Waals surface area contributed by atoms with Crippen molar-refractivity contribution in [2.45, 2.75) is 41.2 Å². The Hall–Kier alpha value is -2.11. The molecule has 0 aromatic carbocycles. The molecule has 22 heavy (non-hydrogen) atoms. The van der Waals surface area contributed by atoms with Gasteiger partial charge in [0.2, 0.25) is 0 Å². The van der Waals surface area contributed by atoms with Crippen molar-refractivity contribution in [3.05, 3.63) is 28.7 Å². The molecule has 0 bridgehead atoms. The molecule has 0 spiro atoms. The molecule has 0 radical (unpaired) electrons. The maximum absolute atomic E-state index is 11.8. The minimum Gasteiger partial charge on any atom is -0.348 e. The van der Waals surface area contributed by atoms with Gasteiger partial charge in [-0.2, -0.15) is 0 Å². The van der Waals surface area contributed by atoms with E-state index in [9.17, 15) is 14.4 Å². The highest BCUT2D eigenvalue weighted by Gasteiger charge is 2.22. The zero-order valence-corrected chi connectivity index (χ0v) is 13.9. The van der Waals surface area contributed by atoms with Gasteiger partial charge in [0.1, 0.15) is 0 Å². The molecule has 1 aromatic heterocycles. The number of aryl methyl sites for hydroxylation is 1. The van der Waals surface area contributed by atoms with E-state index in [-0.39, 0.29) is 16.9 Å². The number of nitrogens with one attached hydrogen (secondary N) is 2. The summed E-state index contributed by atoms with van der Waals surface area (Å²) >= 11 is 0. The van der Waals surface area contributed by atoms with Crippen LogP contribution in [0.3, 0.4) is 0 Å². The zero-order valence-electron chi connectivity index (χ0n) is 13.9. The third-order valence-electron chi connectivity index (χ3n) is 3.84. The average Bonchev–Trinajstić information content (AvgIpc) is 2.45. The largest absolute Gasteiger partial charge is 0.348 e. The lowest BCUT2D eigenvalue weighted by Gasteiger charge is -2.27. The number of amides is 2. The highest BCUT2D eigenvalue weighted by atomic mass is 16.2. The molecular weight excluding hydrogens is 282 g/mol. The van der Waals surface area contributed by atoms with Gasteiger partial charge in [0, 0.05) is 25.4 Å². The smallest absolute Gasteiger partial charge is 0.313 e. The molecule has 2 amide bonds. The molecule has 1 atom stereocenters. The summed E-state index contributed by atoms with van der Waals surface area (Å²) in [6, 6.07) is 2.84. The van der Waals surface area contributed by atoms with Crippen LogP contribution in [0.25, 0.3) is 0 Å². The van der Waals surface area contributed by atoms with E-state index in [0.717, 1.165) is 0 Å². The zero-order chi connectivity index (χ0) is 16.9. The van der Waals surface area contributed by atoms with E-state index in [0.29, 0.717) is 18.8 Å². The minimum absolute atomic E-state index is 0.0559. The summed E-state index contributed by atoms with van der Waals surface area (Å²) in [5.41, 5.74) is 0.329. The average molecular weight is 307 g/mol. The van der Waals surface area contributed by atoms with E-state index in [1.165, 1.54) is 22.9 Å². The molecule has 0 saturated carbocycles. The molecule has 0 saturated heterocycles. The van der Waals surface area contributed by atoms with Crippen LogP contribution in [0.1, 0.15) is 34.6 Å². The second-order valence-electron chi connectivity index (χ2n) is 6.47. The molecule has 6 heteroatoms. The first-order chi connectivity index (χ1) is 10.1. The minimum atomic E-state index is -0.734. The predicted molar refractivity (Wildman–Crippen MR) is 86.6 cm³/mol. The highest BCUT2D eigenvalue weighted by molar-refractivity contribution is 6.39. The number of anilines is 1. The van der Waals surface area contributed by atoms with Crippen molar-refractivity contribution in [3.63, 3.8) is 0 Å². The maximum atomic E-state index is 11.8. The first-order valence-electron chi connectivity index (χ1n) is 7.44. The van der Waals surface area contributed by atoms with E-state index >= 15 is 0 Å². The first kappa shape index (κ1) is 17.9. The fraction of sp³-hybridized carbons (Fsp3) is 0.562. The quantitative estimate of drug-likeness (QED) is 0.829. The van der Waals surface area contributed by atoms with Crippen LogP contribution in [0.15, 0.2) is 23.1 Å². The summed E-state index contributed by atoms with van der Waals surface area (Å²) < 4.78 is 1.45. The van der Waals surface area contributed by atoms with Gasteiger partial charge in [-0.05, 0) is 24.3 Å². The van der Waals surface area contributed by atoms with Gasteiger partial charge in [0.25, 0.3) is 5.56 Å². The number of hydrogen-bond donors (Lipinski definition) is 2. The number of aromatic nitrogens is 1. The van der Waals surface area contributed by atoms with Crippen LogP contribution in [0, 0.1) is 11.3 Å². The van der Waals surface area contributed by atoms with Gasteiger partial charge in [0.15, 0.2) is 0 Å². The molecule has 0 unspecified atom stereocenters. The van der Waals surface area contributed by atoms with E-state index in [4.69, 9.17) is 0 Å². The van der Waals surface area contributed by atoms with Gasteiger partial charge < -0.3 is 15.2 Å². The normalized spacial score (nSPS) is 12.6. The Bertz CT molecular complexity index is 599. The summed E-state index contributed by atoms with van der Waals surface area (Å²) in [6.07, 6.45) is 1.52. The molecule has 0 aliphatic rings. The van der Waals surface area contributed by atoms with Crippen LogP contribution in [0.5, 0.6) is 0 Å². The molecule has 0 aliphatic heterocycles. The number of nitrogens with zero attached hydrogens (tertiary/aromatic N) is 1. The SMILES string of the molecule is CCn1cc(NC(=O)C(=O)NC[C@@H](C)C(C)(C)C)ccc1=O. The molecule has 2 N–H and O–H groups in total. The Morgan fingerprint density at radius 2 is 1.86 bits per heavy atom. The van der Waals surface area contributed by atoms with Crippen LogP contribution in [-0.4, -0.2) is 22.9 Å². The monoisotopic (exact) mass is 307 g/mol. The molecule has 6 nitrogen and oxygen atoms in total. The molecular formula is C16H25N3O3. The molecule has 1 heterocycles. The number of carbonyl (C=O) groups is 2. The summed E-state index contributed by atoms with van der Waals surface area (Å²) in [6.45, 7) is 11.0. The van der Waals surface area contributed by atoms with Crippen molar-refractivity contribution in [2.24, 2.45) is 11.3 Å². The first-order valence-corrected chi connectivity index (χ1v) is 7.44. The second kappa shape index (κ2) is 7.24. The fourth-order valence-electron chi connectivity index (χ4n) is 1.67. The van der Waals surface area contributed by atoms with Crippen LogP contribution in [0.2, 0.25) is 0 Å². The lowest BCUT2D eigenvalue weighted by molar-refractivity contribution is -0.136. The number of pyridine rings is 1. The summed E-state index contributed by atoms with van der Waals surface area (Å²) in [4.78, 5) is 35.1. The molecule has 0 aliphatic carbocycles. The van der Waals surface area contributed by atoms with Crippen LogP contribution >= 0.6 is 0 Å². The van der Waals surface area contributed by atoms with Crippen molar-refractivity contribution in [1.82, 2.24) is 9.88 Å². The third kappa shape index (κ3) is 5.02. The number of hydrogen-bond acceptors (Lipinski definition) is 3. The highest BCUT2D eigenvalue weighted by Crippen LogP contribution is 2.24. The molecule has 1 aromatic rings. The van der Waals surface area contributed by atoms with Gasteiger partial charge in [-0.3, -0.25) is 14.4 Å². The van der Waals surface area contributed by atoms with E-state index < -0.39 is 11.8 Å². The molecule has 1 rings (SSSR count). The van der Waals surface area contributed by atoms with Gasteiger partial charge in [-0.25, -0.2) is 0 Å². The van der Waals surface area contributed by atoms with Crippen LogP contribution in [-0.2, 0) is 16.1 Å². The summed E-state index contributed by atoms with van der Waals surface area (Å²) in [5, 5.41) is 5.12. The van der Waals surface area contributed by atoms with Crippen molar-refractivity contribution in [1.29, 1.82) is 0 Å². The van der Waals surface area contributed by atoms with E-state index in [2.05, 4.69) is 31.4 Å². The number of rotatable bonds is 4. The predicted octanol–water partition coefficient (Wildman–Crippen LogP) is 1.61. The van der Waals surface area contributed by atoms with Gasteiger partial charge >= 0.3 is 11.8 Å². The topological polar surface area (TPSA) is 80.2 Å². The van der Waals surface area contributed by atoms with Gasteiger partial charge in [-0.1, -0.05) is 27.7 Å². The molecule has 0 fully saturated rings. The Labute approximate surface area is 130 Å². The van der Waals surface area contributed by atoms with Crippen molar-refractivity contribution in [2.75, 3.05) is 11.9 Å². The fourth-order valence-corrected chi connectivity index (χ4v) is 1.67. The Balaban J connectivity index is 2.62. The van der Waals surface area contributed by atoms with Gasteiger partial charge in [0.05, 0.1) is 5.69 Å². The third-order valence-corrected chi connectivity index (χ3v) is 3.84. The van der Waals surface area contributed by atoms with Crippen molar-refractivity contribution in [3.8, 4) is 0 Å². The standard InChI is InChI=1S/C16H25N3O3/c1-6-19-10-12(7-8-13(19)20)18-15(22)14(21)17-9-11(2)16(3,4)5/h7-8,10-11H,6,9H2,1-5H3,(H,17,21)(H,18,22)/t11-/m1/s1. The Morgan fingerprint density at radius 3 is 2.41 bits per heavy atom. The van der Waals surface area contributed by atoms with Crippen molar-refractivity contribution >= 4 is 17.5 Å². The van der Waals surface area contributed by atoms with E-state index in [1.807, 2.05) is 13.8 Å². The summed E-state index contributed by atoms with van der Waals surface area (Å²) in [5.74, 6) is -1.17.